The molecule has 1 saturated heterocycles. The van der Waals surface area contributed by atoms with Crippen LogP contribution in [0.3, 0.4) is 0 Å². The highest BCUT2D eigenvalue weighted by molar-refractivity contribution is 6.07. The number of aromatic nitrogens is 1. The van der Waals surface area contributed by atoms with Crippen molar-refractivity contribution >= 4 is 28.2 Å². The van der Waals surface area contributed by atoms with Gasteiger partial charge in [-0.3, -0.25) is 9.78 Å². The van der Waals surface area contributed by atoms with Gasteiger partial charge in [0.15, 0.2) is 0 Å². The molecule has 0 saturated carbocycles. The Morgan fingerprint density at radius 1 is 1.07 bits per heavy atom. The molecule has 0 atom stereocenters. The molecule has 4 rings (SSSR count). The maximum Gasteiger partial charge on any atom is 0.257 e. The van der Waals surface area contributed by atoms with Gasteiger partial charge in [-0.15, -0.1) is 0 Å². The average molecular weight is 363 g/mol. The van der Waals surface area contributed by atoms with Gasteiger partial charge >= 0.3 is 0 Å². The minimum Gasteiger partial charge on any atom is -0.372 e. The van der Waals surface area contributed by atoms with Crippen molar-refractivity contribution in [2.45, 2.75) is 26.7 Å². The van der Waals surface area contributed by atoms with Crippen LogP contribution < -0.4 is 10.2 Å². The third-order valence-electron chi connectivity index (χ3n) is 5.14. The summed E-state index contributed by atoms with van der Waals surface area (Å²) in [4.78, 5) is 19.6. The summed E-state index contributed by atoms with van der Waals surface area (Å²) in [7, 11) is 0. The molecule has 4 nitrogen and oxygen atoms in total. The normalized spacial score (nSPS) is 14.0. The van der Waals surface area contributed by atoms with Crippen LogP contribution in [0.1, 0.15) is 34.5 Å². The molecule has 1 aliphatic heterocycles. The standard InChI is InChI=1S/C22H22FN3O/c1-14-11-18(26-9-3-4-10-26)7-8-20(14)25-22(27)19-12-16-5-6-17(23)13-21(16)24-15(19)2/h5-8,11-13H,3-4,9-10H2,1-2H3,(H,25,27). The van der Waals surface area contributed by atoms with E-state index in [0.717, 1.165) is 29.7 Å². The first-order valence-electron chi connectivity index (χ1n) is 9.25. The lowest BCUT2D eigenvalue weighted by atomic mass is 10.1. The van der Waals surface area contributed by atoms with Crippen molar-refractivity contribution in [1.29, 1.82) is 0 Å². The Morgan fingerprint density at radius 3 is 2.59 bits per heavy atom. The van der Waals surface area contributed by atoms with Gasteiger partial charge in [-0.05, 0) is 68.7 Å². The van der Waals surface area contributed by atoms with Crippen molar-refractivity contribution in [2.75, 3.05) is 23.3 Å². The highest BCUT2D eigenvalue weighted by atomic mass is 19.1. The number of anilines is 2. The number of halogens is 1. The second-order valence-electron chi connectivity index (χ2n) is 7.11. The smallest absolute Gasteiger partial charge is 0.257 e. The third-order valence-corrected chi connectivity index (χ3v) is 5.14. The summed E-state index contributed by atoms with van der Waals surface area (Å²) in [5, 5.41) is 3.73. The van der Waals surface area contributed by atoms with Crippen LogP contribution in [0.25, 0.3) is 10.9 Å². The molecular formula is C22H22FN3O. The number of hydrogen-bond donors (Lipinski definition) is 1. The molecule has 0 aliphatic carbocycles. The maximum atomic E-state index is 13.4. The predicted octanol–water partition coefficient (Wildman–Crippen LogP) is 4.84. The number of rotatable bonds is 3. The van der Waals surface area contributed by atoms with Gasteiger partial charge in [0, 0.05) is 35.9 Å². The van der Waals surface area contributed by atoms with Crippen LogP contribution in [-0.4, -0.2) is 24.0 Å². The molecule has 1 aromatic heterocycles. The zero-order valence-electron chi connectivity index (χ0n) is 15.6. The number of hydrogen-bond acceptors (Lipinski definition) is 3. The first kappa shape index (κ1) is 17.5. The van der Waals surface area contributed by atoms with E-state index >= 15 is 0 Å². The van der Waals surface area contributed by atoms with Gasteiger partial charge in [0.1, 0.15) is 5.82 Å². The molecule has 0 radical (unpaired) electrons. The maximum absolute atomic E-state index is 13.4. The molecule has 1 aliphatic rings. The summed E-state index contributed by atoms with van der Waals surface area (Å²) < 4.78 is 13.4. The van der Waals surface area contributed by atoms with Crippen LogP contribution in [0.15, 0.2) is 42.5 Å². The van der Waals surface area contributed by atoms with E-state index in [4.69, 9.17) is 0 Å². The lowest BCUT2D eigenvalue weighted by Gasteiger charge is -2.19. The second kappa shape index (κ2) is 6.99. The summed E-state index contributed by atoms with van der Waals surface area (Å²) in [5.74, 6) is -0.538. The summed E-state index contributed by atoms with van der Waals surface area (Å²) in [6.45, 7) is 5.95. The molecule has 2 heterocycles. The molecule has 5 heteroatoms. The third kappa shape index (κ3) is 3.50. The fraction of sp³-hybridized carbons (Fsp3) is 0.273. The van der Waals surface area contributed by atoms with Crippen molar-refractivity contribution in [3.8, 4) is 0 Å². The fourth-order valence-corrected chi connectivity index (χ4v) is 3.62. The quantitative estimate of drug-likeness (QED) is 0.724. The minimum absolute atomic E-state index is 0.205. The molecule has 0 unspecified atom stereocenters. The van der Waals surface area contributed by atoms with Gasteiger partial charge in [0.05, 0.1) is 16.8 Å². The van der Waals surface area contributed by atoms with E-state index in [2.05, 4.69) is 27.3 Å². The topological polar surface area (TPSA) is 45.2 Å². The monoisotopic (exact) mass is 363 g/mol. The van der Waals surface area contributed by atoms with Gasteiger partial charge in [-0.1, -0.05) is 0 Å². The zero-order valence-corrected chi connectivity index (χ0v) is 15.6. The van der Waals surface area contributed by atoms with Crippen molar-refractivity contribution in [3.63, 3.8) is 0 Å². The number of carbonyl (C=O) groups is 1. The first-order valence-corrected chi connectivity index (χ1v) is 9.25. The molecule has 138 valence electrons. The number of nitrogens with zero attached hydrogens (tertiary/aromatic N) is 2. The minimum atomic E-state index is -0.333. The Labute approximate surface area is 158 Å². The highest BCUT2D eigenvalue weighted by Gasteiger charge is 2.16. The molecular weight excluding hydrogens is 341 g/mol. The summed E-state index contributed by atoms with van der Waals surface area (Å²) in [5.41, 5.74) is 4.65. The molecule has 1 amide bonds. The van der Waals surface area contributed by atoms with E-state index in [-0.39, 0.29) is 11.7 Å². The second-order valence-corrected chi connectivity index (χ2v) is 7.11. The summed E-state index contributed by atoms with van der Waals surface area (Å²) in [6.07, 6.45) is 2.46. The molecule has 1 fully saturated rings. The number of amides is 1. The summed E-state index contributed by atoms with van der Waals surface area (Å²) in [6, 6.07) is 12.3. The molecule has 2 aromatic carbocycles. The van der Waals surface area contributed by atoms with Crippen LogP contribution in [0.4, 0.5) is 15.8 Å². The lowest BCUT2D eigenvalue weighted by Crippen LogP contribution is -2.18. The van der Waals surface area contributed by atoms with E-state index in [0.29, 0.717) is 16.8 Å². The molecule has 0 spiro atoms. The van der Waals surface area contributed by atoms with Crippen molar-refractivity contribution in [3.05, 3.63) is 65.1 Å². The van der Waals surface area contributed by atoms with E-state index in [9.17, 15) is 9.18 Å². The SMILES string of the molecule is Cc1cc(N2CCCC2)ccc1NC(=O)c1cc2ccc(F)cc2nc1C. The van der Waals surface area contributed by atoms with Crippen molar-refractivity contribution < 1.29 is 9.18 Å². The Balaban J connectivity index is 1.59. The lowest BCUT2D eigenvalue weighted by molar-refractivity contribution is 0.102. The van der Waals surface area contributed by atoms with E-state index in [1.165, 1.54) is 30.7 Å². The van der Waals surface area contributed by atoms with Gasteiger partial charge in [-0.2, -0.15) is 0 Å². The van der Waals surface area contributed by atoms with Crippen molar-refractivity contribution in [1.82, 2.24) is 4.98 Å². The van der Waals surface area contributed by atoms with E-state index in [1.54, 1.807) is 19.1 Å². The molecule has 0 bridgehead atoms. The Hall–Kier alpha value is -2.95. The number of pyridine rings is 1. The van der Waals surface area contributed by atoms with Gasteiger partial charge in [0.25, 0.3) is 5.91 Å². The van der Waals surface area contributed by atoms with Crippen LogP contribution in [-0.2, 0) is 0 Å². The van der Waals surface area contributed by atoms with E-state index < -0.39 is 0 Å². The van der Waals surface area contributed by atoms with Crippen LogP contribution >= 0.6 is 0 Å². The number of benzene rings is 2. The predicted molar refractivity (Wildman–Crippen MR) is 107 cm³/mol. The van der Waals surface area contributed by atoms with Crippen LogP contribution in [0.2, 0.25) is 0 Å². The highest BCUT2D eigenvalue weighted by Crippen LogP contribution is 2.26. The fourth-order valence-electron chi connectivity index (χ4n) is 3.62. The van der Waals surface area contributed by atoms with Gasteiger partial charge in [0.2, 0.25) is 0 Å². The van der Waals surface area contributed by atoms with E-state index in [1.807, 2.05) is 13.0 Å². The number of carbonyl (C=O) groups excluding carboxylic acids is 1. The summed E-state index contributed by atoms with van der Waals surface area (Å²) >= 11 is 0. The molecule has 3 aromatic rings. The molecule has 1 N–H and O–H groups in total. The Morgan fingerprint density at radius 2 is 1.85 bits per heavy atom. The Kier molecular flexibility index (Phi) is 4.52. The van der Waals surface area contributed by atoms with Crippen LogP contribution in [0.5, 0.6) is 0 Å². The van der Waals surface area contributed by atoms with Crippen molar-refractivity contribution in [2.24, 2.45) is 0 Å². The largest absolute Gasteiger partial charge is 0.372 e. The average Bonchev–Trinajstić information content (AvgIpc) is 3.17. The Bertz CT molecular complexity index is 1030. The van der Waals surface area contributed by atoms with Gasteiger partial charge < -0.3 is 10.2 Å². The zero-order chi connectivity index (χ0) is 19.0. The number of nitrogens with one attached hydrogen (secondary N) is 1. The number of fused-ring (bicyclic) bond motifs is 1. The van der Waals surface area contributed by atoms with Gasteiger partial charge in [-0.25, -0.2) is 4.39 Å². The number of aryl methyl sites for hydroxylation is 2. The van der Waals surface area contributed by atoms with Crippen LogP contribution in [0, 0.1) is 19.7 Å². The molecule has 27 heavy (non-hydrogen) atoms. The first-order chi connectivity index (χ1) is 13.0.